The molecular formula is C19H17NO4S. The Morgan fingerprint density at radius 1 is 0.920 bits per heavy atom. The van der Waals surface area contributed by atoms with E-state index in [9.17, 15) is 8.42 Å². The number of aryl methyl sites for hydroxylation is 1. The summed E-state index contributed by atoms with van der Waals surface area (Å²) < 4.78 is 34.9. The van der Waals surface area contributed by atoms with Crippen LogP contribution in [0.3, 0.4) is 0 Å². The smallest absolute Gasteiger partial charge is 0.362 e. The van der Waals surface area contributed by atoms with E-state index >= 15 is 0 Å². The predicted octanol–water partition coefficient (Wildman–Crippen LogP) is 3.75. The maximum Gasteiger partial charge on any atom is 0.446 e. The zero-order valence-corrected chi connectivity index (χ0v) is 14.3. The second-order valence-electron chi connectivity index (χ2n) is 5.68. The summed E-state index contributed by atoms with van der Waals surface area (Å²) >= 11 is 0. The summed E-state index contributed by atoms with van der Waals surface area (Å²) in [4.78, 5) is 4.47. The van der Waals surface area contributed by atoms with Gasteiger partial charge in [-0.05, 0) is 42.3 Å². The Labute approximate surface area is 146 Å². The standard InChI is InChI=1S/C19H17NO4S/c1-14-5-7-15(8-6-14)19(18-4-2-3-13-20-18)16-9-11-17(12-10-16)24-25(21,22)23/h2-13,19H,1H3,(H,21,22,23). The first-order valence-electron chi connectivity index (χ1n) is 7.67. The number of aromatic nitrogens is 1. The number of benzene rings is 2. The highest BCUT2D eigenvalue weighted by Gasteiger charge is 2.18. The summed E-state index contributed by atoms with van der Waals surface area (Å²) in [6.45, 7) is 2.03. The number of hydrogen-bond donors (Lipinski definition) is 1. The topological polar surface area (TPSA) is 76.5 Å². The highest BCUT2D eigenvalue weighted by atomic mass is 32.3. The van der Waals surface area contributed by atoms with Crippen LogP contribution in [0.1, 0.15) is 28.3 Å². The van der Waals surface area contributed by atoms with Crippen LogP contribution in [0.4, 0.5) is 0 Å². The van der Waals surface area contributed by atoms with Crippen LogP contribution in [-0.2, 0) is 10.4 Å². The van der Waals surface area contributed by atoms with Crippen LogP contribution in [0.5, 0.6) is 5.75 Å². The van der Waals surface area contributed by atoms with E-state index in [4.69, 9.17) is 4.55 Å². The molecule has 1 aromatic heterocycles. The first-order chi connectivity index (χ1) is 11.9. The molecule has 0 fully saturated rings. The Morgan fingerprint density at radius 3 is 2.04 bits per heavy atom. The largest absolute Gasteiger partial charge is 0.446 e. The second kappa shape index (κ2) is 7.04. The lowest BCUT2D eigenvalue weighted by Crippen LogP contribution is -2.08. The van der Waals surface area contributed by atoms with Gasteiger partial charge in [-0.3, -0.25) is 9.54 Å². The van der Waals surface area contributed by atoms with Crippen molar-refractivity contribution < 1.29 is 17.2 Å². The molecule has 25 heavy (non-hydrogen) atoms. The number of nitrogens with zero attached hydrogens (tertiary/aromatic N) is 1. The molecule has 0 aliphatic carbocycles. The molecule has 0 spiro atoms. The zero-order valence-electron chi connectivity index (χ0n) is 13.5. The molecule has 0 radical (unpaired) electrons. The lowest BCUT2D eigenvalue weighted by atomic mass is 9.88. The number of hydrogen-bond acceptors (Lipinski definition) is 4. The lowest BCUT2D eigenvalue weighted by molar-refractivity contribution is 0.387. The molecule has 3 aromatic rings. The summed E-state index contributed by atoms with van der Waals surface area (Å²) in [5.41, 5.74) is 4.06. The Kier molecular flexibility index (Phi) is 4.83. The van der Waals surface area contributed by atoms with Gasteiger partial charge in [0.2, 0.25) is 0 Å². The van der Waals surface area contributed by atoms with Gasteiger partial charge in [0.25, 0.3) is 0 Å². The van der Waals surface area contributed by atoms with Gasteiger partial charge in [-0.15, -0.1) is 0 Å². The van der Waals surface area contributed by atoms with Gasteiger partial charge in [0.15, 0.2) is 0 Å². The third-order valence-electron chi connectivity index (χ3n) is 3.81. The fraction of sp³-hybridized carbons (Fsp3) is 0.105. The van der Waals surface area contributed by atoms with E-state index < -0.39 is 10.4 Å². The zero-order chi connectivity index (χ0) is 17.9. The van der Waals surface area contributed by atoms with Crippen molar-refractivity contribution in [3.8, 4) is 5.75 Å². The average molecular weight is 355 g/mol. The minimum absolute atomic E-state index is 0.0509. The van der Waals surface area contributed by atoms with Gasteiger partial charge in [-0.2, -0.15) is 8.42 Å². The van der Waals surface area contributed by atoms with Gasteiger partial charge >= 0.3 is 10.4 Å². The van der Waals surface area contributed by atoms with Crippen molar-refractivity contribution in [2.75, 3.05) is 0 Å². The molecule has 1 unspecified atom stereocenters. The summed E-state index contributed by atoms with van der Waals surface area (Å²) in [5.74, 6) is -0.0449. The Morgan fingerprint density at radius 2 is 1.52 bits per heavy atom. The van der Waals surface area contributed by atoms with E-state index in [0.29, 0.717) is 0 Å². The first kappa shape index (κ1) is 17.1. The van der Waals surface area contributed by atoms with Gasteiger partial charge in [0.05, 0.1) is 11.6 Å². The van der Waals surface area contributed by atoms with Crippen LogP contribution in [0.25, 0.3) is 0 Å². The van der Waals surface area contributed by atoms with Gasteiger partial charge in [-0.1, -0.05) is 48.0 Å². The van der Waals surface area contributed by atoms with Crippen molar-refractivity contribution in [2.45, 2.75) is 12.8 Å². The molecule has 0 amide bonds. The molecule has 0 aliphatic rings. The van der Waals surface area contributed by atoms with Crippen LogP contribution >= 0.6 is 0 Å². The molecule has 1 N–H and O–H groups in total. The van der Waals surface area contributed by atoms with Crippen LogP contribution in [-0.4, -0.2) is 18.0 Å². The van der Waals surface area contributed by atoms with Gasteiger partial charge in [0, 0.05) is 6.20 Å². The summed E-state index contributed by atoms with van der Waals surface area (Å²) in [5, 5.41) is 0. The molecule has 2 aromatic carbocycles. The Bertz CT molecular complexity index is 937. The number of rotatable bonds is 5. The Hall–Kier alpha value is -2.70. The van der Waals surface area contributed by atoms with Crippen LogP contribution in [0.2, 0.25) is 0 Å². The maximum atomic E-state index is 10.8. The first-order valence-corrected chi connectivity index (χ1v) is 9.03. The third kappa shape index (κ3) is 4.43. The highest BCUT2D eigenvalue weighted by molar-refractivity contribution is 7.81. The SMILES string of the molecule is Cc1ccc(C(c2ccc(OS(=O)(=O)O)cc2)c2ccccn2)cc1. The molecule has 0 saturated heterocycles. The van der Waals surface area contributed by atoms with Crippen LogP contribution in [0, 0.1) is 6.92 Å². The average Bonchev–Trinajstić information content (AvgIpc) is 2.58. The molecule has 0 bridgehead atoms. The summed E-state index contributed by atoms with van der Waals surface area (Å²) in [6.07, 6.45) is 1.74. The molecule has 3 rings (SSSR count). The van der Waals surface area contributed by atoms with Crippen molar-refractivity contribution in [1.29, 1.82) is 0 Å². The van der Waals surface area contributed by atoms with E-state index in [1.807, 2.05) is 37.3 Å². The molecular weight excluding hydrogens is 338 g/mol. The van der Waals surface area contributed by atoms with Crippen molar-refractivity contribution >= 4 is 10.4 Å². The minimum Gasteiger partial charge on any atom is -0.362 e. The summed E-state index contributed by atoms with van der Waals surface area (Å²) in [7, 11) is -4.53. The van der Waals surface area contributed by atoms with Crippen molar-refractivity contribution in [2.24, 2.45) is 0 Å². The molecule has 1 heterocycles. The molecule has 6 heteroatoms. The lowest BCUT2D eigenvalue weighted by Gasteiger charge is -2.18. The molecule has 0 saturated carbocycles. The minimum atomic E-state index is -4.53. The summed E-state index contributed by atoms with van der Waals surface area (Å²) in [6, 6.07) is 20.5. The monoisotopic (exact) mass is 355 g/mol. The normalized spacial score (nSPS) is 12.6. The van der Waals surface area contributed by atoms with Gasteiger partial charge in [0.1, 0.15) is 5.75 Å². The van der Waals surface area contributed by atoms with Gasteiger partial charge < -0.3 is 4.18 Å². The van der Waals surface area contributed by atoms with E-state index in [1.165, 1.54) is 17.7 Å². The Balaban J connectivity index is 2.01. The van der Waals surface area contributed by atoms with Crippen molar-refractivity contribution in [1.82, 2.24) is 4.98 Å². The van der Waals surface area contributed by atoms with Crippen LogP contribution < -0.4 is 4.18 Å². The fourth-order valence-corrected chi connectivity index (χ4v) is 3.03. The van der Waals surface area contributed by atoms with E-state index in [-0.39, 0.29) is 11.7 Å². The molecule has 128 valence electrons. The predicted molar refractivity (Wildman–Crippen MR) is 95.0 cm³/mol. The van der Waals surface area contributed by atoms with Crippen LogP contribution in [0.15, 0.2) is 72.9 Å². The van der Waals surface area contributed by atoms with E-state index in [1.54, 1.807) is 18.3 Å². The third-order valence-corrected chi connectivity index (χ3v) is 4.21. The van der Waals surface area contributed by atoms with E-state index in [2.05, 4.69) is 21.3 Å². The molecule has 5 nitrogen and oxygen atoms in total. The van der Waals surface area contributed by atoms with Gasteiger partial charge in [-0.25, -0.2) is 0 Å². The second-order valence-corrected chi connectivity index (χ2v) is 6.70. The fourth-order valence-electron chi connectivity index (χ4n) is 2.68. The van der Waals surface area contributed by atoms with Crippen molar-refractivity contribution in [3.63, 3.8) is 0 Å². The number of pyridine rings is 1. The highest BCUT2D eigenvalue weighted by Crippen LogP contribution is 2.32. The molecule has 0 aliphatic heterocycles. The molecule has 1 atom stereocenters. The van der Waals surface area contributed by atoms with Crippen molar-refractivity contribution in [3.05, 3.63) is 95.3 Å². The quantitative estimate of drug-likeness (QED) is 0.705. The van der Waals surface area contributed by atoms with E-state index in [0.717, 1.165) is 16.8 Å². The maximum absolute atomic E-state index is 10.8.